The zero-order valence-corrected chi connectivity index (χ0v) is 11.4. The molecule has 0 unspecified atom stereocenters. The van der Waals surface area contributed by atoms with E-state index in [2.05, 4.69) is 9.97 Å². The maximum Gasteiger partial charge on any atom is 0.344 e. The van der Waals surface area contributed by atoms with Gasteiger partial charge in [-0.05, 0) is 24.6 Å². The van der Waals surface area contributed by atoms with Crippen molar-refractivity contribution in [1.82, 2.24) is 9.97 Å². The van der Waals surface area contributed by atoms with Crippen molar-refractivity contribution in [2.45, 2.75) is 6.92 Å². The first kappa shape index (κ1) is 12.7. The highest BCUT2D eigenvalue weighted by atomic mass is 35.5. The third kappa shape index (κ3) is 2.26. The minimum atomic E-state index is -0.420. The molecule has 0 radical (unpaired) electrons. The van der Waals surface area contributed by atoms with Gasteiger partial charge in [-0.25, -0.2) is 4.79 Å². The average Bonchev–Trinajstić information content (AvgIpc) is 2.86. The number of rotatable bonds is 2. The molecular formula is C15H11ClN2O2. The van der Waals surface area contributed by atoms with Gasteiger partial charge in [0.15, 0.2) is 5.75 Å². The molecule has 1 N–H and O–H groups in total. The van der Waals surface area contributed by atoms with Crippen LogP contribution < -0.4 is 4.74 Å². The van der Waals surface area contributed by atoms with E-state index in [1.54, 1.807) is 12.3 Å². The average molecular weight is 287 g/mol. The fourth-order valence-electron chi connectivity index (χ4n) is 2.12. The minimum absolute atomic E-state index is 0.328. The van der Waals surface area contributed by atoms with Crippen LogP contribution in [-0.2, 0) is 0 Å². The number of aromatic nitrogens is 2. The van der Waals surface area contributed by atoms with Gasteiger partial charge in [0.05, 0.1) is 16.8 Å². The molecule has 100 valence electrons. The summed E-state index contributed by atoms with van der Waals surface area (Å²) >= 11 is 5.82. The number of fused-ring (bicyclic) bond motifs is 1. The van der Waals surface area contributed by atoms with E-state index in [4.69, 9.17) is 16.3 Å². The van der Waals surface area contributed by atoms with E-state index >= 15 is 0 Å². The van der Waals surface area contributed by atoms with Gasteiger partial charge in [0, 0.05) is 29.4 Å². The van der Waals surface area contributed by atoms with Crippen molar-refractivity contribution in [2.75, 3.05) is 0 Å². The summed E-state index contributed by atoms with van der Waals surface area (Å²) in [6, 6.07) is 7.22. The summed E-state index contributed by atoms with van der Waals surface area (Å²) in [7, 11) is 0. The molecule has 3 rings (SSSR count). The number of halogens is 1. The molecule has 2 aromatic heterocycles. The smallest absolute Gasteiger partial charge is 0.344 e. The highest BCUT2D eigenvalue weighted by Gasteiger charge is 2.16. The molecule has 0 spiro atoms. The fraction of sp³-hybridized carbons (Fsp3) is 0.0667. The van der Waals surface area contributed by atoms with Crippen LogP contribution in [0.4, 0.5) is 0 Å². The number of pyridine rings is 1. The summed E-state index contributed by atoms with van der Waals surface area (Å²) in [4.78, 5) is 19.3. The van der Waals surface area contributed by atoms with Crippen molar-refractivity contribution in [1.29, 1.82) is 0 Å². The SMILES string of the molecule is Cc1ccc2[nH]ccc2c1C(=O)Oc1cncc(Cl)c1. The number of aryl methyl sites for hydroxylation is 1. The molecule has 0 aliphatic carbocycles. The number of ether oxygens (including phenoxy) is 1. The van der Waals surface area contributed by atoms with E-state index in [1.807, 2.05) is 25.1 Å². The maximum absolute atomic E-state index is 12.4. The van der Waals surface area contributed by atoms with E-state index in [1.165, 1.54) is 12.4 Å². The first-order valence-electron chi connectivity index (χ1n) is 6.04. The number of hydrogen-bond donors (Lipinski definition) is 1. The first-order valence-corrected chi connectivity index (χ1v) is 6.42. The lowest BCUT2D eigenvalue weighted by molar-refractivity contribution is 0.0735. The predicted molar refractivity (Wildman–Crippen MR) is 77.2 cm³/mol. The number of hydrogen-bond acceptors (Lipinski definition) is 3. The summed E-state index contributed by atoms with van der Waals surface area (Å²) < 4.78 is 5.34. The molecular weight excluding hydrogens is 276 g/mol. The second kappa shape index (κ2) is 4.98. The number of nitrogens with zero attached hydrogens (tertiary/aromatic N) is 1. The Kier molecular flexibility index (Phi) is 3.16. The van der Waals surface area contributed by atoms with Crippen molar-refractivity contribution in [3.05, 3.63) is 59.0 Å². The van der Waals surface area contributed by atoms with E-state index in [-0.39, 0.29) is 0 Å². The number of esters is 1. The first-order chi connectivity index (χ1) is 9.65. The summed E-state index contributed by atoms with van der Waals surface area (Å²) in [5, 5.41) is 1.26. The van der Waals surface area contributed by atoms with E-state index in [9.17, 15) is 4.79 Å². The third-order valence-corrected chi connectivity index (χ3v) is 3.24. The lowest BCUT2D eigenvalue weighted by Crippen LogP contribution is -2.10. The van der Waals surface area contributed by atoms with E-state index in [0.29, 0.717) is 16.3 Å². The Morgan fingerprint density at radius 1 is 1.30 bits per heavy atom. The van der Waals surface area contributed by atoms with Crippen LogP contribution in [-0.4, -0.2) is 15.9 Å². The van der Waals surface area contributed by atoms with Gasteiger partial charge in [0.2, 0.25) is 0 Å². The largest absolute Gasteiger partial charge is 0.421 e. The zero-order chi connectivity index (χ0) is 14.1. The van der Waals surface area contributed by atoms with Gasteiger partial charge in [-0.2, -0.15) is 0 Å². The molecule has 1 aromatic carbocycles. The van der Waals surface area contributed by atoms with Crippen LogP contribution in [0.15, 0.2) is 42.9 Å². The number of carbonyl (C=O) groups is 1. The van der Waals surface area contributed by atoms with Gasteiger partial charge in [-0.3, -0.25) is 4.98 Å². The van der Waals surface area contributed by atoms with Crippen LogP contribution in [0.2, 0.25) is 5.02 Å². The van der Waals surface area contributed by atoms with Crippen LogP contribution in [0.1, 0.15) is 15.9 Å². The van der Waals surface area contributed by atoms with Crippen molar-refractivity contribution in [3.63, 3.8) is 0 Å². The highest BCUT2D eigenvalue weighted by molar-refractivity contribution is 6.30. The van der Waals surface area contributed by atoms with Gasteiger partial charge >= 0.3 is 5.97 Å². The molecule has 0 saturated heterocycles. The molecule has 0 saturated carbocycles. The second-order valence-electron chi connectivity index (χ2n) is 4.42. The lowest BCUT2D eigenvalue weighted by atomic mass is 10.0. The highest BCUT2D eigenvalue weighted by Crippen LogP contribution is 2.24. The topological polar surface area (TPSA) is 55.0 Å². The van der Waals surface area contributed by atoms with E-state index in [0.717, 1.165) is 16.5 Å². The quantitative estimate of drug-likeness (QED) is 0.730. The molecule has 0 fully saturated rings. The summed E-state index contributed by atoms with van der Waals surface area (Å²) in [6.45, 7) is 1.87. The Morgan fingerprint density at radius 2 is 2.15 bits per heavy atom. The van der Waals surface area contributed by atoms with Crippen molar-refractivity contribution in [2.24, 2.45) is 0 Å². The molecule has 20 heavy (non-hydrogen) atoms. The van der Waals surface area contributed by atoms with Gasteiger partial charge in [-0.15, -0.1) is 0 Å². The zero-order valence-electron chi connectivity index (χ0n) is 10.7. The Bertz CT molecular complexity index is 795. The van der Waals surface area contributed by atoms with Gasteiger partial charge in [-0.1, -0.05) is 17.7 Å². The molecule has 0 aliphatic heterocycles. The fourth-order valence-corrected chi connectivity index (χ4v) is 2.28. The molecule has 0 atom stereocenters. The monoisotopic (exact) mass is 286 g/mol. The van der Waals surface area contributed by atoms with Crippen molar-refractivity contribution in [3.8, 4) is 5.75 Å². The number of benzene rings is 1. The number of nitrogens with one attached hydrogen (secondary N) is 1. The van der Waals surface area contributed by atoms with Gasteiger partial charge in [0.1, 0.15) is 0 Å². The molecule has 3 aromatic rings. The number of carbonyl (C=O) groups excluding carboxylic acids is 1. The van der Waals surface area contributed by atoms with Crippen LogP contribution >= 0.6 is 11.6 Å². The van der Waals surface area contributed by atoms with E-state index < -0.39 is 5.97 Å². The Labute approximate surface area is 120 Å². The Hall–Kier alpha value is -2.33. The van der Waals surface area contributed by atoms with Gasteiger partial charge in [0.25, 0.3) is 0 Å². The lowest BCUT2D eigenvalue weighted by Gasteiger charge is -2.08. The van der Waals surface area contributed by atoms with Crippen LogP contribution in [0.25, 0.3) is 10.9 Å². The summed E-state index contributed by atoms with van der Waals surface area (Å²) in [5.41, 5.74) is 2.30. The number of aromatic amines is 1. The molecule has 5 heteroatoms. The van der Waals surface area contributed by atoms with Crippen molar-refractivity contribution >= 4 is 28.5 Å². The molecule has 2 heterocycles. The molecule has 4 nitrogen and oxygen atoms in total. The normalized spacial score (nSPS) is 10.7. The van der Waals surface area contributed by atoms with Crippen molar-refractivity contribution < 1.29 is 9.53 Å². The number of H-pyrrole nitrogens is 1. The summed E-state index contributed by atoms with van der Waals surface area (Å²) in [6.07, 6.45) is 4.73. The second-order valence-corrected chi connectivity index (χ2v) is 4.86. The Balaban J connectivity index is 2.00. The van der Waals surface area contributed by atoms with Crippen LogP contribution in [0.5, 0.6) is 5.75 Å². The standard InChI is InChI=1S/C15H11ClN2O2/c1-9-2-3-13-12(4-5-18-13)14(9)15(19)20-11-6-10(16)7-17-8-11/h2-8,18H,1H3. The third-order valence-electron chi connectivity index (χ3n) is 3.04. The molecule has 0 bridgehead atoms. The predicted octanol–water partition coefficient (Wildman–Crippen LogP) is 3.74. The molecule has 0 aliphatic rings. The Morgan fingerprint density at radius 3 is 2.95 bits per heavy atom. The minimum Gasteiger partial charge on any atom is -0.421 e. The van der Waals surface area contributed by atoms with Gasteiger partial charge < -0.3 is 9.72 Å². The molecule has 0 amide bonds. The van der Waals surface area contributed by atoms with Crippen LogP contribution in [0, 0.1) is 6.92 Å². The maximum atomic E-state index is 12.4. The summed E-state index contributed by atoms with van der Waals surface area (Å²) in [5.74, 6) is -0.0915. The van der Waals surface area contributed by atoms with Crippen LogP contribution in [0.3, 0.4) is 0 Å².